The number of carbonyl (C=O) groups is 1. The third-order valence-corrected chi connectivity index (χ3v) is 6.65. The Morgan fingerprint density at radius 3 is 2.50 bits per heavy atom. The van der Waals surface area contributed by atoms with E-state index in [1.165, 1.54) is 28.8 Å². The van der Waals surface area contributed by atoms with E-state index in [2.05, 4.69) is 29.0 Å². The molecule has 6 nitrogen and oxygen atoms in total. The number of ether oxygens (including phenoxy) is 1. The van der Waals surface area contributed by atoms with Gasteiger partial charge in [-0.15, -0.1) is 10.2 Å². The lowest BCUT2D eigenvalue weighted by Gasteiger charge is -2.31. The monoisotopic (exact) mass is 516 g/mol. The van der Waals surface area contributed by atoms with Gasteiger partial charge in [0.05, 0.1) is 11.3 Å². The molecule has 2 heterocycles. The van der Waals surface area contributed by atoms with E-state index in [9.17, 15) is 18.0 Å². The molecular formula is C26H27F3N4O2S. The number of rotatable bonds is 6. The molecule has 1 aliphatic heterocycles. The van der Waals surface area contributed by atoms with Crippen molar-refractivity contribution >= 4 is 23.4 Å². The van der Waals surface area contributed by atoms with Gasteiger partial charge in [0, 0.05) is 23.3 Å². The summed E-state index contributed by atoms with van der Waals surface area (Å²) in [5, 5.41) is 9.12. The van der Waals surface area contributed by atoms with Crippen molar-refractivity contribution in [2.24, 2.45) is 5.92 Å². The number of nitrogens with zero attached hydrogens (tertiary/aromatic N) is 4. The first kappa shape index (κ1) is 25.9. The number of fused-ring (bicyclic) bond motifs is 3. The van der Waals surface area contributed by atoms with Gasteiger partial charge in [-0.1, -0.05) is 56.3 Å². The predicted molar refractivity (Wildman–Crippen MR) is 133 cm³/mol. The number of aryl methyl sites for hydroxylation is 1. The molecule has 0 aliphatic carbocycles. The number of anilines is 1. The van der Waals surface area contributed by atoms with Crippen LogP contribution in [-0.4, -0.2) is 26.8 Å². The molecule has 4 rings (SSSR count). The fraction of sp³-hybridized carbons (Fsp3) is 0.385. The highest BCUT2D eigenvalue weighted by molar-refractivity contribution is 7.99. The summed E-state index contributed by atoms with van der Waals surface area (Å²) in [6, 6.07) is 10.2. The minimum Gasteiger partial charge on any atom is -0.447 e. The molecule has 0 saturated heterocycles. The standard InChI is InChI=1S/C26H27F3N4O2S/c1-5-21(34)33-20-11-6-16(4)14-19(20)22-23(30-25(32-31-22)36-13-12-15(2)3)35-24(33)17-7-9-18(10-8-17)26(27,28)29/h6-11,14-15,24H,5,12-13H2,1-4H3/t24-/m1/s1. The zero-order valence-electron chi connectivity index (χ0n) is 20.5. The second-order valence-electron chi connectivity index (χ2n) is 9.01. The first-order valence-electron chi connectivity index (χ1n) is 11.7. The van der Waals surface area contributed by atoms with Crippen LogP contribution >= 0.6 is 11.8 Å². The van der Waals surface area contributed by atoms with E-state index in [1.54, 1.807) is 13.0 Å². The summed E-state index contributed by atoms with van der Waals surface area (Å²) in [6.07, 6.45) is -4.37. The van der Waals surface area contributed by atoms with Crippen molar-refractivity contribution in [2.75, 3.05) is 10.7 Å². The Kier molecular flexibility index (Phi) is 7.54. The Balaban J connectivity index is 1.84. The number of hydrogen-bond acceptors (Lipinski definition) is 6. The molecule has 190 valence electrons. The molecule has 2 aromatic carbocycles. The van der Waals surface area contributed by atoms with Gasteiger partial charge >= 0.3 is 6.18 Å². The van der Waals surface area contributed by atoms with Crippen LogP contribution < -0.4 is 9.64 Å². The van der Waals surface area contributed by atoms with Crippen LogP contribution in [0, 0.1) is 12.8 Å². The fourth-order valence-electron chi connectivity index (χ4n) is 3.82. The Morgan fingerprint density at radius 2 is 1.86 bits per heavy atom. The molecule has 3 aromatic rings. The van der Waals surface area contributed by atoms with Gasteiger partial charge in [0.2, 0.25) is 23.2 Å². The summed E-state index contributed by atoms with van der Waals surface area (Å²) in [4.78, 5) is 19.3. The highest BCUT2D eigenvalue weighted by atomic mass is 32.2. The van der Waals surface area contributed by atoms with Gasteiger partial charge in [0.1, 0.15) is 0 Å². The molecule has 0 fully saturated rings. The number of halogens is 3. The SMILES string of the molecule is CCC(=O)N1c2ccc(C)cc2-c2nnc(SCCC(C)C)nc2O[C@@H]1c1ccc(C(F)(F)F)cc1. The van der Waals surface area contributed by atoms with Crippen molar-refractivity contribution in [1.82, 2.24) is 15.2 Å². The van der Waals surface area contributed by atoms with Crippen LogP contribution in [0.25, 0.3) is 11.3 Å². The molecule has 0 spiro atoms. The van der Waals surface area contributed by atoms with Crippen LogP contribution in [0.4, 0.5) is 18.9 Å². The lowest BCUT2D eigenvalue weighted by atomic mass is 10.0. The van der Waals surface area contributed by atoms with Gasteiger partial charge in [-0.3, -0.25) is 9.69 Å². The Bertz CT molecular complexity index is 1250. The number of amides is 1. The van der Waals surface area contributed by atoms with Gasteiger partial charge in [0.15, 0.2) is 5.69 Å². The summed E-state index contributed by atoms with van der Waals surface area (Å²) < 4.78 is 45.9. The number of benzene rings is 2. The maximum absolute atomic E-state index is 13.2. The molecule has 0 radical (unpaired) electrons. The summed E-state index contributed by atoms with van der Waals surface area (Å²) >= 11 is 1.46. The minimum atomic E-state index is -4.47. The van der Waals surface area contributed by atoms with Gasteiger partial charge in [0.25, 0.3) is 0 Å². The van der Waals surface area contributed by atoms with Crippen LogP contribution in [0.3, 0.4) is 0 Å². The molecule has 1 atom stereocenters. The summed E-state index contributed by atoms with van der Waals surface area (Å²) in [5.41, 5.74) is 2.08. The molecule has 10 heteroatoms. The van der Waals surface area contributed by atoms with E-state index in [-0.39, 0.29) is 18.2 Å². The number of hydrogen-bond donors (Lipinski definition) is 0. The summed E-state index contributed by atoms with van der Waals surface area (Å²) in [7, 11) is 0. The lowest BCUT2D eigenvalue weighted by molar-refractivity contribution is -0.137. The lowest BCUT2D eigenvalue weighted by Crippen LogP contribution is -2.37. The van der Waals surface area contributed by atoms with Crippen molar-refractivity contribution in [3.63, 3.8) is 0 Å². The van der Waals surface area contributed by atoms with Gasteiger partial charge in [-0.05, 0) is 43.5 Å². The van der Waals surface area contributed by atoms with Crippen LogP contribution in [-0.2, 0) is 11.0 Å². The van der Waals surface area contributed by atoms with E-state index >= 15 is 0 Å². The smallest absolute Gasteiger partial charge is 0.416 e. The highest BCUT2D eigenvalue weighted by Crippen LogP contribution is 2.44. The fourth-order valence-corrected chi connectivity index (χ4v) is 4.84. The third kappa shape index (κ3) is 5.48. The normalized spacial score (nSPS) is 15.2. The molecule has 1 aliphatic rings. The summed E-state index contributed by atoms with van der Waals surface area (Å²) in [5.74, 6) is 1.25. The maximum atomic E-state index is 13.2. The molecule has 0 unspecified atom stereocenters. The van der Waals surface area contributed by atoms with Crippen LogP contribution in [0.5, 0.6) is 5.88 Å². The zero-order chi connectivity index (χ0) is 26.0. The van der Waals surface area contributed by atoms with Crippen molar-refractivity contribution in [1.29, 1.82) is 0 Å². The first-order valence-corrected chi connectivity index (χ1v) is 12.7. The van der Waals surface area contributed by atoms with Gasteiger partial charge in [-0.2, -0.15) is 18.2 Å². The van der Waals surface area contributed by atoms with Crippen molar-refractivity contribution < 1.29 is 22.7 Å². The van der Waals surface area contributed by atoms with E-state index in [0.29, 0.717) is 33.6 Å². The topological polar surface area (TPSA) is 68.2 Å². The van der Waals surface area contributed by atoms with Crippen molar-refractivity contribution in [3.8, 4) is 17.1 Å². The number of thioether (sulfide) groups is 1. The van der Waals surface area contributed by atoms with Gasteiger partial charge < -0.3 is 4.74 Å². The van der Waals surface area contributed by atoms with Crippen molar-refractivity contribution in [3.05, 3.63) is 59.2 Å². The quantitative estimate of drug-likeness (QED) is 0.334. The Labute approximate surface area is 212 Å². The molecule has 1 amide bonds. The average Bonchev–Trinajstić information content (AvgIpc) is 2.97. The largest absolute Gasteiger partial charge is 0.447 e. The number of carbonyl (C=O) groups excluding carboxylic acids is 1. The molecular weight excluding hydrogens is 489 g/mol. The second-order valence-corrected chi connectivity index (χ2v) is 10.1. The third-order valence-electron chi connectivity index (χ3n) is 5.78. The van der Waals surface area contributed by atoms with Crippen LogP contribution in [0.1, 0.15) is 56.5 Å². The van der Waals surface area contributed by atoms with E-state index < -0.39 is 18.0 Å². The maximum Gasteiger partial charge on any atom is 0.416 e. The predicted octanol–water partition coefficient (Wildman–Crippen LogP) is 6.84. The minimum absolute atomic E-state index is 0.166. The van der Waals surface area contributed by atoms with E-state index in [0.717, 1.165) is 29.9 Å². The van der Waals surface area contributed by atoms with Crippen LogP contribution in [0.15, 0.2) is 47.6 Å². The van der Waals surface area contributed by atoms with E-state index in [4.69, 9.17) is 4.74 Å². The number of alkyl halides is 3. The molecule has 0 saturated carbocycles. The molecule has 36 heavy (non-hydrogen) atoms. The second kappa shape index (κ2) is 10.5. The first-order chi connectivity index (χ1) is 17.1. The van der Waals surface area contributed by atoms with Crippen molar-refractivity contribution in [2.45, 2.75) is 58.1 Å². The van der Waals surface area contributed by atoms with E-state index in [1.807, 2.05) is 19.1 Å². The van der Waals surface area contributed by atoms with Gasteiger partial charge in [-0.25, -0.2) is 0 Å². The average molecular weight is 517 g/mol. The van der Waals surface area contributed by atoms with Crippen LogP contribution in [0.2, 0.25) is 0 Å². The summed E-state index contributed by atoms with van der Waals surface area (Å²) in [6.45, 7) is 7.90. The molecule has 0 bridgehead atoms. The highest BCUT2D eigenvalue weighted by Gasteiger charge is 2.36. The number of aromatic nitrogens is 3. The molecule has 1 aromatic heterocycles. The zero-order valence-corrected chi connectivity index (χ0v) is 21.3. The molecule has 0 N–H and O–H groups in total. The Hall–Kier alpha value is -3.14. The Morgan fingerprint density at radius 1 is 1.14 bits per heavy atom.